The van der Waals surface area contributed by atoms with Gasteiger partial charge in [-0.15, -0.1) is 0 Å². The summed E-state index contributed by atoms with van der Waals surface area (Å²) in [6, 6.07) is 12.0. The number of ether oxygens (including phenoxy) is 2. The standard InChI is InChI=1S/C17H18N2O2/c1-4-21-15-8-6-12(10-16(15)20-3)17-18-13-7-5-11(2)9-14(13)19-17/h5-10H,4H2,1-3H3,(H,18,19). The summed E-state index contributed by atoms with van der Waals surface area (Å²) < 4.78 is 10.9. The molecule has 4 nitrogen and oxygen atoms in total. The van der Waals surface area contributed by atoms with E-state index in [1.165, 1.54) is 5.56 Å². The Kier molecular flexibility index (Phi) is 3.52. The summed E-state index contributed by atoms with van der Waals surface area (Å²) in [6.07, 6.45) is 0. The van der Waals surface area contributed by atoms with E-state index < -0.39 is 0 Å². The fraction of sp³-hybridized carbons (Fsp3) is 0.235. The van der Waals surface area contributed by atoms with Crippen LogP contribution < -0.4 is 9.47 Å². The van der Waals surface area contributed by atoms with Crippen LogP contribution in [0.5, 0.6) is 11.5 Å². The van der Waals surface area contributed by atoms with Gasteiger partial charge in [0.05, 0.1) is 24.8 Å². The number of imidazole rings is 1. The minimum absolute atomic E-state index is 0.611. The minimum Gasteiger partial charge on any atom is -0.493 e. The lowest BCUT2D eigenvalue weighted by Crippen LogP contribution is -1.95. The molecule has 0 aliphatic heterocycles. The van der Waals surface area contributed by atoms with E-state index in [1.807, 2.05) is 31.2 Å². The zero-order chi connectivity index (χ0) is 14.8. The van der Waals surface area contributed by atoms with E-state index in [9.17, 15) is 0 Å². The summed E-state index contributed by atoms with van der Waals surface area (Å²) in [5.41, 5.74) is 4.19. The van der Waals surface area contributed by atoms with Crippen molar-refractivity contribution in [3.63, 3.8) is 0 Å². The monoisotopic (exact) mass is 282 g/mol. The molecule has 1 heterocycles. The fourth-order valence-corrected chi connectivity index (χ4v) is 2.35. The molecule has 0 spiro atoms. The van der Waals surface area contributed by atoms with Crippen LogP contribution in [-0.2, 0) is 0 Å². The Morgan fingerprint density at radius 2 is 1.95 bits per heavy atom. The summed E-state index contributed by atoms with van der Waals surface area (Å²) in [4.78, 5) is 7.97. The molecule has 0 saturated heterocycles. The maximum atomic E-state index is 5.54. The van der Waals surface area contributed by atoms with E-state index in [2.05, 4.69) is 29.0 Å². The van der Waals surface area contributed by atoms with Crippen molar-refractivity contribution in [2.75, 3.05) is 13.7 Å². The zero-order valence-electron chi connectivity index (χ0n) is 12.4. The first-order valence-corrected chi connectivity index (χ1v) is 6.99. The van der Waals surface area contributed by atoms with Gasteiger partial charge in [0.25, 0.3) is 0 Å². The highest BCUT2D eigenvalue weighted by Crippen LogP contribution is 2.32. The average molecular weight is 282 g/mol. The Hall–Kier alpha value is -2.49. The molecule has 21 heavy (non-hydrogen) atoms. The molecule has 0 atom stereocenters. The van der Waals surface area contributed by atoms with E-state index in [0.29, 0.717) is 12.4 Å². The number of nitrogens with one attached hydrogen (secondary N) is 1. The third-order valence-electron chi connectivity index (χ3n) is 3.37. The SMILES string of the molecule is CCOc1ccc(-c2nc3ccc(C)cc3[nH]2)cc1OC. The minimum atomic E-state index is 0.611. The number of hydrogen-bond donors (Lipinski definition) is 1. The van der Waals surface area contributed by atoms with Crippen LogP contribution in [0.4, 0.5) is 0 Å². The summed E-state index contributed by atoms with van der Waals surface area (Å²) in [5, 5.41) is 0. The van der Waals surface area contributed by atoms with Crippen LogP contribution in [-0.4, -0.2) is 23.7 Å². The third-order valence-corrected chi connectivity index (χ3v) is 3.37. The molecule has 0 fully saturated rings. The molecule has 0 amide bonds. The molecule has 4 heteroatoms. The molecule has 1 N–H and O–H groups in total. The molecule has 2 aromatic carbocycles. The maximum Gasteiger partial charge on any atom is 0.161 e. The summed E-state index contributed by atoms with van der Waals surface area (Å²) in [7, 11) is 1.64. The van der Waals surface area contributed by atoms with Crippen molar-refractivity contribution >= 4 is 11.0 Å². The normalized spacial score (nSPS) is 10.8. The lowest BCUT2D eigenvalue weighted by molar-refractivity contribution is 0.311. The lowest BCUT2D eigenvalue weighted by Gasteiger charge is -2.09. The molecular formula is C17H18N2O2. The topological polar surface area (TPSA) is 47.1 Å². The number of nitrogens with zero attached hydrogens (tertiary/aromatic N) is 1. The fourth-order valence-electron chi connectivity index (χ4n) is 2.35. The van der Waals surface area contributed by atoms with Gasteiger partial charge >= 0.3 is 0 Å². The van der Waals surface area contributed by atoms with Gasteiger partial charge in [-0.1, -0.05) is 6.07 Å². The van der Waals surface area contributed by atoms with Crippen LogP contribution in [0.15, 0.2) is 36.4 Å². The van der Waals surface area contributed by atoms with E-state index in [4.69, 9.17) is 9.47 Å². The molecule has 3 aromatic rings. The third kappa shape index (κ3) is 2.57. The number of aryl methyl sites for hydroxylation is 1. The van der Waals surface area contributed by atoms with Gasteiger partial charge < -0.3 is 14.5 Å². The first-order valence-electron chi connectivity index (χ1n) is 6.99. The molecule has 0 aliphatic rings. The number of methoxy groups -OCH3 is 1. The van der Waals surface area contributed by atoms with Gasteiger partial charge in [0.2, 0.25) is 0 Å². The van der Waals surface area contributed by atoms with Crippen LogP contribution >= 0.6 is 0 Å². The molecule has 0 radical (unpaired) electrons. The first-order chi connectivity index (χ1) is 10.2. The van der Waals surface area contributed by atoms with E-state index in [-0.39, 0.29) is 0 Å². The van der Waals surface area contributed by atoms with Gasteiger partial charge in [-0.25, -0.2) is 4.98 Å². The summed E-state index contributed by atoms with van der Waals surface area (Å²) in [6.45, 7) is 4.63. The van der Waals surface area contributed by atoms with Crippen molar-refractivity contribution in [1.82, 2.24) is 9.97 Å². The molecule has 0 bridgehead atoms. The molecule has 108 valence electrons. The number of aromatic amines is 1. The lowest BCUT2D eigenvalue weighted by atomic mass is 10.2. The van der Waals surface area contributed by atoms with Gasteiger partial charge in [0.15, 0.2) is 11.5 Å². The van der Waals surface area contributed by atoms with Gasteiger partial charge in [0, 0.05) is 5.56 Å². The summed E-state index contributed by atoms with van der Waals surface area (Å²) >= 11 is 0. The second kappa shape index (κ2) is 5.48. The van der Waals surface area contributed by atoms with Crippen LogP contribution in [0.3, 0.4) is 0 Å². The van der Waals surface area contributed by atoms with Crippen molar-refractivity contribution < 1.29 is 9.47 Å². The predicted octanol–water partition coefficient (Wildman–Crippen LogP) is 3.95. The van der Waals surface area contributed by atoms with E-state index >= 15 is 0 Å². The van der Waals surface area contributed by atoms with Crippen molar-refractivity contribution in [3.8, 4) is 22.9 Å². The Balaban J connectivity index is 2.05. The number of aromatic nitrogens is 2. The molecule has 0 aliphatic carbocycles. The molecule has 0 unspecified atom stereocenters. The van der Waals surface area contributed by atoms with Gasteiger partial charge in [-0.3, -0.25) is 0 Å². The highest BCUT2D eigenvalue weighted by molar-refractivity contribution is 5.80. The predicted molar refractivity (Wildman–Crippen MR) is 84.0 cm³/mol. The summed E-state index contributed by atoms with van der Waals surface area (Å²) in [5.74, 6) is 2.29. The van der Waals surface area contributed by atoms with Crippen LogP contribution in [0.2, 0.25) is 0 Å². The second-order valence-electron chi connectivity index (χ2n) is 4.90. The molecule has 3 rings (SSSR count). The second-order valence-corrected chi connectivity index (χ2v) is 4.90. The number of hydrogen-bond acceptors (Lipinski definition) is 3. The van der Waals surface area contributed by atoms with E-state index in [1.54, 1.807) is 7.11 Å². The molecule has 0 saturated carbocycles. The van der Waals surface area contributed by atoms with Gasteiger partial charge in [-0.05, 0) is 49.7 Å². The highest BCUT2D eigenvalue weighted by Gasteiger charge is 2.10. The van der Waals surface area contributed by atoms with Gasteiger partial charge in [-0.2, -0.15) is 0 Å². The van der Waals surface area contributed by atoms with Crippen LogP contribution in [0.1, 0.15) is 12.5 Å². The molecular weight excluding hydrogens is 264 g/mol. The Morgan fingerprint density at radius 3 is 2.71 bits per heavy atom. The molecule has 1 aromatic heterocycles. The van der Waals surface area contributed by atoms with Crippen molar-refractivity contribution in [2.24, 2.45) is 0 Å². The first kappa shape index (κ1) is 13.5. The quantitative estimate of drug-likeness (QED) is 0.788. The number of H-pyrrole nitrogens is 1. The smallest absolute Gasteiger partial charge is 0.161 e. The van der Waals surface area contributed by atoms with E-state index in [0.717, 1.165) is 28.2 Å². The van der Waals surface area contributed by atoms with Crippen LogP contribution in [0, 0.1) is 6.92 Å². The number of rotatable bonds is 4. The highest BCUT2D eigenvalue weighted by atomic mass is 16.5. The van der Waals surface area contributed by atoms with Gasteiger partial charge in [0.1, 0.15) is 5.82 Å². The number of fused-ring (bicyclic) bond motifs is 1. The number of benzene rings is 2. The maximum absolute atomic E-state index is 5.54. The average Bonchev–Trinajstić information content (AvgIpc) is 2.91. The Labute approximate surface area is 123 Å². The zero-order valence-corrected chi connectivity index (χ0v) is 12.4. The van der Waals surface area contributed by atoms with Crippen molar-refractivity contribution in [2.45, 2.75) is 13.8 Å². The largest absolute Gasteiger partial charge is 0.493 e. The van der Waals surface area contributed by atoms with Crippen LogP contribution in [0.25, 0.3) is 22.4 Å². The Bertz CT molecular complexity index is 778. The van der Waals surface area contributed by atoms with Crippen molar-refractivity contribution in [1.29, 1.82) is 0 Å². The van der Waals surface area contributed by atoms with Crippen molar-refractivity contribution in [3.05, 3.63) is 42.0 Å². The Morgan fingerprint density at radius 1 is 1.10 bits per heavy atom.